The normalized spacial score (nSPS) is 43.7. The molecule has 0 unspecified atom stereocenters. The number of ether oxygens (including phenoxy) is 2. The van der Waals surface area contributed by atoms with Crippen LogP contribution in [0.3, 0.4) is 0 Å². The molecule has 54 valence electrons. The van der Waals surface area contributed by atoms with E-state index in [1.165, 1.54) is 7.11 Å². The maximum Gasteiger partial charge on any atom is 0.185 e. The first-order chi connectivity index (χ1) is 4.25. The molecule has 0 amide bonds. The fourth-order valence-electron chi connectivity index (χ4n) is 0.779. The topological polar surface area (TPSA) is 58.9 Å². The minimum absolute atomic E-state index is 0.152. The summed E-state index contributed by atoms with van der Waals surface area (Å²) in [5.74, 6) is 0. The standard InChI is InChI=1S/C5H10O4/c1-8-5-4(7)3(6)2-9-5/h3-7H,2H2,1H3/t3-,4+,5+/m1/s1. The van der Waals surface area contributed by atoms with Crippen molar-refractivity contribution in [1.82, 2.24) is 0 Å². The van der Waals surface area contributed by atoms with Gasteiger partial charge in [-0.1, -0.05) is 0 Å². The van der Waals surface area contributed by atoms with Crippen molar-refractivity contribution >= 4 is 0 Å². The van der Waals surface area contributed by atoms with Gasteiger partial charge in [-0.2, -0.15) is 0 Å². The summed E-state index contributed by atoms with van der Waals surface area (Å²) in [6.45, 7) is 0.152. The lowest BCUT2D eigenvalue weighted by atomic mass is 10.2. The van der Waals surface area contributed by atoms with Crippen LogP contribution in [0.1, 0.15) is 0 Å². The molecule has 0 radical (unpaired) electrons. The van der Waals surface area contributed by atoms with Gasteiger partial charge in [0, 0.05) is 7.11 Å². The Labute approximate surface area is 53.0 Å². The summed E-state index contributed by atoms with van der Waals surface area (Å²) in [7, 11) is 1.42. The second-order valence-corrected chi connectivity index (χ2v) is 2.00. The molecule has 4 nitrogen and oxygen atoms in total. The molecule has 0 spiro atoms. The van der Waals surface area contributed by atoms with Gasteiger partial charge >= 0.3 is 0 Å². The van der Waals surface area contributed by atoms with E-state index >= 15 is 0 Å². The SMILES string of the molecule is CO[C@H]1OC[C@@H](O)[C@@H]1O. The molecule has 1 saturated heterocycles. The fraction of sp³-hybridized carbons (Fsp3) is 1.00. The summed E-state index contributed by atoms with van der Waals surface area (Å²) in [6.07, 6.45) is -2.34. The zero-order valence-corrected chi connectivity index (χ0v) is 5.15. The van der Waals surface area contributed by atoms with Crippen LogP contribution >= 0.6 is 0 Å². The van der Waals surface area contributed by atoms with Gasteiger partial charge in [0.2, 0.25) is 0 Å². The molecule has 1 aliphatic rings. The summed E-state index contributed by atoms with van der Waals surface area (Å²) in [6, 6.07) is 0. The summed E-state index contributed by atoms with van der Waals surface area (Å²) in [4.78, 5) is 0. The van der Waals surface area contributed by atoms with Gasteiger partial charge in [0.1, 0.15) is 12.2 Å². The van der Waals surface area contributed by atoms with Crippen LogP contribution in [0.15, 0.2) is 0 Å². The number of rotatable bonds is 1. The van der Waals surface area contributed by atoms with Crippen LogP contribution in [-0.4, -0.2) is 42.4 Å². The second kappa shape index (κ2) is 2.62. The fourth-order valence-corrected chi connectivity index (χ4v) is 0.779. The molecule has 1 rings (SSSR count). The van der Waals surface area contributed by atoms with Crippen LogP contribution < -0.4 is 0 Å². The third kappa shape index (κ3) is 1.21. The van der Waals surface area contributed by atoms with Crippen LogP contribution in [0.2, 0.25) is 0 Å². The first-order valence-electron chi connectivity index (χ1n) is 2.76. The number of hydrogen-bond acceptors (Lipinski definition) is 4. The highest BCUT2D eigenvalue weighted by molar-refractivity contribution is 4.76. The van der Waals surface area contributed by atoms with Crippen molar-refractivity contribution in [1.29, 1.82) is 0 Å². The van der Waals surface area contributed by atoms with Crippen molar-refractivity contribution in [2.75, 3.05) is 13.7 Å². The lowest BCUT2D eigenvalue weighted by molar-refractivity contribution is -0.134. The molecular weight excluding hydrogens is 124 g/mol. The number of aliphatic hydroxyl groups is 2. The Kier molecular flexibility index (Phi) is 2.02. The first kappa shape index (κ1) is 6.95. The van der Waals surface area contributed by atoms with E-state index in [9.17, 15) is 0 Å². The average Bonchev–Trinajstić information content (AvgIpc) is 2.15. The third-order valence-electron chi connectivity index (χ3n) is 1.34. The molecule has 0 aromatic carbocycles. The molecule has 1 aliphatic heterocycles. The maximum atomic E-state index is 8.96. The van der Waals surface area contributed by atoms with Crippen molar-refractivity contribution in [3.63, 3.8) is 0 Å². The molecule has 2 N–H and O–H groups in total. The molecule has 0 saturated carbocycles. The van der Waals surface area contributed by atoms with Crippen LogP contribution in [0.4, 0.5) is 0 Å². The summed E-state index contributed by atoms with van der Waals surface area (Å²) < 4.78 is 9.47. The van der Waals surface area contributed by atoms with Gasteiger partial charge in [-0.3, -0.25) is 0 Å². The minimum Gasteiger partial charge on any atom is -0.388 e. The largest absolute Gasteiger partial charge is 0.388 e. The van der Waals surface area contributed by atoms with Gasteiger partial charge < -0.3 is 19.7 Å². The molecule has 3 atom stereocenters. The van der Waals surface area contributed by atoms with E-state index in [0.29, 0.717) is 0 Å². The maximum absolute atomic E-state index is 8.96. The molecule has 1 heterocycles. The summed E-state index contributed by atoms with van der Waals surface area (Å²) >= 11 is 0. The molecule has 0 aromatic rings. The zero-order chi connectivity index (χ0) is 6.85. The van der Waals surface area contributed by atoms with E-state index in [1.807, 2.05) is 0 Å². The van der Waals surface area contributed by atoms with E-state index in [-0.39, 0.29) is 6.61 Å². The molecular formula is C5H10O4. The molecule has 1 fully saturated rings. The monoisotopic (exact) mass is 134 g/mol. The molecule has 0 aromatic heterocycles. The predicted molar refractivity (Wildman–Crippen MR) is 28.8 cm³/mol. The van der Waals surface area contributed by atoms with Gasteiger partial charge in [0.05, 0.1) is 6.61 Å². The van der Waals surface area contributed by atoms with E-state index in [0.717, 1.165) is 0 Å². The van der Waals surface area contributed by atoms with Crippen molar-refractivity contribution in [3.8, 4) is 0 Å². The van der Waals surface area contributed by atoms with Crippen molar-refractivity contribution in [2.45, 2.75) is 18.5 Å². The average molecular weight is 134 g/mol. The van der Waals surface area contributed by atoms with Crippen molar-refractivity contribution in [3.05, 3.63) is 0 Å². The van der Waals surface area contributed by atoms with Gasteiger partial charge in [0.15, 0.2) is 6.29 Å². The molecule has 0 bridgehead atoms. The van der Waals surface area contributed by atoms with Crippen molar-refractivity contribution in [2.24, 2.45) is 0 Å². The Morgan fingerprint density at radius 3 is 2.44 bits per heavy atom. The van der Waals surface area contributed by atoms with E-state index in [1.54, 1.807) is 0 Å². The highest BCUT2D eigenvalue weighted by Gasteiger charge is 2.34. The quantitative estimate of drug-likeness (QED) is 0.468. The van der Waals surface area contributed by atoms with E-state index < -0.39 is 18.5 Å². The molecule has 0 aliphatic carbocycles. The summed E-state index contributed by atoms with van der Waals surface area (Å²) in [5, 5.41) is 17.8. The van der Waals surface area contributed by atoms with Crippen LogP contribution in [0.25, 0.3) is 0 Å². The lowest BCUT2D eigenvalue weighted by Gasteiger charge is -2.11. The number of aliphatic hydroxyl groups excluding tert-OH is 2. The molecule has 9 heavy (non-hydrogen) atoms. The van der Waals surface area contributed by atoms with E-state index in [4.69, 9.17) is 14.9 Å². The van der Waals surface area contributed by atoms with Gasteiger partial charge in [0.25, 0.3) is 0 Å². The van der Waals surface area contributed by atoms with Crippen molar-refractivity contribution < 1.29 is 19.7 Å². The molecule has 4 heteroatoms. The van der Waals surface area contributed by atoms with Crippen LogP contribution in [-0.2, 0) is 9.47 Å². The Balaban J connectivity index is 2.41. The Morgan fingerprint density at radius 2 is 2.22 bits per heavy atom. The van der Waals surface area contributed by atoms with Gasteiger partial charge in [-0.25, -0.2) is 0 Å². The lowest BCUT2D eigenvalue weighted by Crippen LogP contribution is -2.30. The van der Waals surface area contributed by atoms with Gasteiger partial charge in [-0.15, -0.1) is 0 Å². The first-order valence-corrected chi connectivity index (χ1v) is 2.76. The number of hydrogen-bond donors (Lipinski definition) is 2. The van der Waals surface area contributed by atoms with Crippen LogP contribution in [0, 0.1) is 0 Å². The third-order valence-corrected chi connectivity index (χ3v) is 1.34. The highest BCUT2D eigenvalue weighted by Crippen LogP contribution is 2.13. The Hall–Kier alpha value is -0.160. The Bertz CT molecular complexity index is 95.0. The second-order valence-electron chi connectivity index (χ2n) is 2.00. The zero-order valence-electron chi connectivity index (χ0n) is 5.15. The number of methoxy groups -OCH3 is 1. The van der Waals surface area contributed by atoms with E-state index in [2.05, 4.69) is 4.74 Å². The Morgan fingerprint density at radius 1 is 1.56 bits per heavy atom. The predicted octanol–water partition coefficient (Wildman–Crippen LogP) is -1.29. The highest BCUT2D eigenvalue weighted by atomic mass is 16.7. The smallest absolute Gasteiger partial charge is 0.185 e. The summed E-state index contributed by atoms with van der Waals surface area (Å²) in [5.41, 5.74) is 0. The minimum atomic E-state index is -0.894. The van der Waals surface area contributed by atoms with Gasteiger partial charge in [-0.05, 0) is 0 Å². The van der Waals surface area contributed by atoms with Crippen LogP contribution in [0.5, 0.6) is 0 Å².